The van der Waals surface area contributed by atoms with Gasteiger partial charge in [0.2, 0.25) is 0 Å². The van der Waals surface area contributed by atoms with Crippen molar-refractivity contribution in [1.29, 1.82) is 0 Å². The van der Waals surface area contributed by atoms with E-state index in [1.54, 1.807) is 12.1 Å². The van der Waals surface area contributed by atoms with Crippen LogP contribution in [0.1, 0.15) is 5.56 Å². The molecule has 3 aromatic carbocycles. The number of nitrogens with zero attached hydrogens (tertiary/aromatic N) is 3. The zero-order valence-electron chi connectivity index (χ0n) is 17.4. The van der Waals surface area contributed by atoms with Crippen LogP contribution in [-0.4, -0.2) is 14.5 Å². The number of non-ortho nitro benzene ring substituents is 1. The van der Waals surface area contributed by atoms with Crippen molar-refractivity contribution in [3.63, 3.8) is 0 Å². The maximum Gasteiger partial charge on any atom is 0.270 e. The van der Waals surface area contributed by atoms with Gasteiger partial charge in [-0.25, -0.2) is 4.99 Å². The monoisotopic (exact) mass is 474 g/mol. The Hall–Kier alpha value is -3.68. The van der Waals surface area contributed by atoms with Gasteiger partial charge in [-0.05, 0) is 42.3 Å². The first-order chi connectivity index (χ1) is 16.1. The van der Waals surface area contributed by atoms with Gasteiger partial charge in [-0.3, -0.25) is 10.1 Å². The molecule has 0 radical (unpaired) electrons. The molecule has 33 heavy (non-hydrogen) atoms. The van der Waals surface area contributed by atoms with Crippen molar-refractivity contribution in [2.45, 2.75) is 13.0 Å². The van der Waals surface area contributed by atoms with Crippen molar-refractivity contribution in [1.82, 2.24) is 9.55 Å². The van der Waals surface area contributed by atoms with Crippen molar-refractivity contribution < 1.29 is 4.92 Å². The summed E-state index contributed by atoms with van der Waals surface area (Å²) < 4.78 is 2.13. The van der Waals surface area contributed by atoms with Crippen LogP contribution in [0.3, 0.4) is 0 Å². The molecule has 0 saturated heterocycles. The second-order valence-electron chi connectivity index (χ2n) is 7.56. The Bertz CT molecular complexity index is 1520. The van der Waals surface area contributed by atoms with E-state index in [-0.39, 0.29) is 10.6 Å². The molecular weight excluding hydrogens is 456 g/mol. The van der Waals surface area contributed by atoms with E-state index in [9.17, 15) is 10.1 Å². The van der Waals surface area contributed by atoms with Crippen LogP contribution >= 0.6 is 22.9 Å². The summed E-state index contributed by atoms with van der Waals surface area (Å²) >= 11 is 7.53. The third-order valence-electron chi connectivity index (χ3n) is 5.48. The lowest BCUT2D eigenvalue weighted by Crippen LogP contribution is -2.17. The highest BCUT2D eigenvalue weighted by Crippen LogP contribution is 2.26. The number of nitrogens with one attached hydrogen (secondary N) is 1. The molecule has 0 bridgehead atoms. The third kappa shape index (κ3) is 4.46. The Labute approximate surface area is 198 Å². The first-order valence-electron chi connectivity index (χ1n) is 10.4. The van der Waals surface area contributed by atoms with Gasteiger partial charge in [0.25, 0.3) is 5.69 Å². The average molecular weight is 475 g/mol. The molecule has 2 aromatic heterocycles. The number of para-hydroxylation sites is 1. The van der Waals surface area contributed by atoms with Crippen LogP contribution in [0.15, 0.2) is 89.4 Å². The molecular formula is C25H19ClN4O2S. The number of thiazole rings is 1. The predicted octanol–water partition coefficient (Wildman–Crippen LogP) is 6.73. The molecule has 0 aliphatic rings. The summed E-state index contributed by atoms with van der Waals surface area (Å²) in [6, 6.07) is 22.3. The summed E-state index contributed by atoms with van der Waals surface area (Å²) in [4.78, 5) is 19.9. The minimum absolute atomic E-state index is 0.0677. The van der Waals surface area contributed by atoms with Crippen LogP contribution in [0.25, 0.3) is 22.2 Å². The Balaban J connectivity index is 1.58. The molecule has 2 heterocycles. The number of halogens is 1. The molecule has 164 valence electrons. The van der Waals surface area contributed by atoms with Gasteiger partial charge in [-0.15, -0.1) is 11.3 Å². The molecule has 0 spiro atoms. The topological polar surface area (TPSA) is 76.2 Å². The fourth-order valence-corrected chi connectivity index (χ4v) is 4.92. The molecule has 0 unspecified atom stereocenters. The largest absolute Gasteiger partial charge is 0.361 e. The summed E-state index contributed by atoms with van der Waals surface area (Å²) in [7, 11) is 0. The minimum Gasteiger partial charge on any atom is -0.361 e. The van der Waals surface area contributed by atoms with E-state index >= 15 is 0 Å². The van der Waals surface area contributed by atoms with Gasteiger partial charge >= 0.3 is 0 Å². The van der Waals surface area contributed by atoms with E-state index in [0.29, 0.717) is 11.6 Å². The number of aryl methyl sites for hydroxylation is 1. The number of fused-ring (bicyclic) bond motifs is 1. The van der Waals surface area contributed by atoms with Crippen LogP contribution in [0.5, 0.6) is 0 Å². The predicted molar refractivity (Wildman–Crippen MR) is 133 cm³/mol. The van der Waals surface area contributed by atoms with Crippen molar-refractivity contribution in [2.75, 3.05) is 0 Å². The Morgan fingerprint density at radius 3 is 2.70 bits per heavy atom. The second kappa shape index (κ2) is 9.05. The number of aromatic nitrogens is 2. The quantitative estimate of drug-likeness (QED) is 0.218. The Morgan fingerprint density at radius 1 is 1.06 bits per heavy atom. The first kappa shape index (κ1) is 21.2. The van der Waals surface area contributed by atoms with Gasteiger partial charge in [0, 0.05) is 51.7 Å². The lowest BCUT2D eigenvalue weighted by Gasteiger charge is -2.09. The van der Waals surface area contributed by atoms with Gasteiger partial charge in [0.1, 0.15) is 0 Å². The molecule has 8 heteroatoms. The van der Waals surface area contributed by atoms with Crippen LogP contribution in [0.4, 0.5) is 11.4 Å². The van der Waals surface area contributed by atoms with Gasteiger partial charge in [0.15, 0.2) is 4.80 Å². The van der Waals surface area contributed by atoms with Gasteiger partial charge in [0.05, 0.1) is 16.3 Å². The average Bonchev–Trinajstić information content (AvgIpc) is 3.43. The minimum atomic E-state index is -0.370. The fraction of sp³-hybridized carbons (Fsp3) is 0.0800. The molecule has 0 aliphatic heterocycles. The molecule has 0 atom stereocenters. The zero-order valence-corrected chi connectivity index (χ0v) is 19.0. The van der Waals surface area contributed by atoms with Crippen LogP contribution in [-0.2, 0) is 13.0 Å². The van der Waals surface area contributed by atoms with Gasteiger partial charge in [-0.2, -0.15) is 0 Å². The highest BCUT2D eigenvalue weighted by molar-refractivity contribution is 7.07. The van der Waals surface area contributed by atoms with E-state index in [4.69, 9.17) is 16.6 Å². The summed E-state index contributed by atoms with van der Waals surface area (Å²) in [5.74, 6) is 0. The number of aromatic amines is 1. The maximum absolute atomic E-state index is 11.3. The smallest absolute Gasteiger partial charge is 0.270 e. The highest BCUT2D eigenvalue weighted by atomic mass is 35.5. The van der Waals surface area contributed by atoms with Crippen molar-refractivity contribution in [2.24, 2.45) is 4.99 Å². The first-order valence-corrected chi connectivity index (χ1v) is 11.6. The van der Waals surface area contributed by atoms with E-state index in [1.165, 1.54) is 28.4 Å². The third-order valence-corrected chi connectivity index (χ3v) is 6.60. The van der Waals surface area contributed by atoms with Crippen LogP contribution in [0.2, 0.25) is 5.02 Å². The fourth-order valence-electron chi connectivity index (χ4n) is 3.84. The summed E-state index contributed by atoms with van der Waals surface area (Å²) in [6.07, 6.45) is 2.83. The number of H-pyrrole nitrogens is 1. The number of benzene rings is 3. The second-order valence-corrected chi connectivity index (χ2v) is 8.83. The van der Waals surface area contributed by atoms with Crippen LogP contribution in [0, 0.1) is 10.1 Å². The standard InChI is InChI=1S/C25H19ClN4O2S/c26-19-8-10-20(11-9-19)28-25-29(13-12-18-15-27-23-7-2-1-6-22(18)23)24(16-33-25)17-4-3-5-21(14-17)30(31)32/h1-11,14-16,27H,12-13H2. The number of hydrogen-bond acceptors (Lipinski definition) is 4. The molecule has 6 nitrogen and oxygen atoms in total. The summed E-state index contributed by atoms with van der Waals surface area (Å²) in [5, 5.41) is 15.2. The number of nitro groups is 1. The van der Waals surface area contributed by atoms with Crippen molar-refractivity contribution in [3.8, 4) is 11.3 Å². The number of rotatable bonds is 6. The zero-order chi connectivity index (χ0) is 22.8. The summed E-state index contributed by atoms with van der Waals surface area (Å²) in [5.41, 5.74) is 4.87. The van der Waals surface area contributed by atoms with E-state index < -0.39 is 0 Å². The Morgan fingerprint density at radius 2 is 1.88 bits per heavy atom. The maximum atomic E-state index is 11.3. The van der Waals surface area contributed by atoms with E-state index in [2.05, 4.69) is 21.7 Å². The molecule has 5 rings (SSSR count). The summed E-state index contributed by atoms with van der Waals surface area (Å²) in [6.45, 7) is 0.676. The van der Waals surface area contributed by atoms with Gasteiger partial charge in [-0.1, -0.05) is 41.9 Å². The lowest BCUT2D eigenvalue weighted by molar-refractivity contribution is -0.384. The van der Waals surface area contributed by atoms with Crippen molar-refractivity contribution in [3.05, 3.63) is 110 Å². The molecule has 0 aliphatic carbocycles. The number of nitro benzene ring substituents is 1. The molecule has 0 saturated carbocycles. The lowest BCUT2D eigenvalue weighted by atomic mass is 10.1. The highest BCUT2D eigenvalue weighted by Gasteiger charge is 2.13. The van der Waals surface area contributed by atoms with Crippen molar-refractivity contribution >= 4 is 45.2 Å². The molecule has 1 N–H and O–H groups in total. The Kier molecular flexibility index (Phi) is 5.81. The SMILES string of the molecule is O=[N+]([O-])c1cccc(-c2csc(=Nc3ccc(Cl)cc3)n2CCc2c[nH]c3ccccc23)c1. The normalized spacial score (nSPS) is 11.8. The molecule has 0 amide bonds. The van der Waals surface area contributed by atoms with E-state index in [1.807, 2.05) is 54.0 Å². The van der Waals surface area contributed by atoms with E-state index in [0.717, 1.165) is 33.7 Å². The number of hydrogen-bond donors (Lipinski definition) is 1. The van der Waals surface area contributed by atoms with Crippen LogP contribution < -0.4 is 4.80 Å². The van der Waals surface area contributed by atoms with Gasteiger partial charge < -0.3 is 9.55 Å². The molecule has 0 fully saturated rings. The molecule has 5 aromatic rings.